The number of anilines is 2. The number of hydrogen-bond acceptors (Lipinski definition) is 6. The molecule has 0 bridgehead atoms. The lowest BCUT2D eigenvalue weighted by Gasteiger charge is -2.25. The molecule has 0 spiro atoms. The smallest absolute Gasteiger partial charge is 0.356 e. The molecule has 1 saturated heterocycles. The van der Waals surface area contributed by atoms with Gasteiger partial charge >= 0.3 is 5.69 Å². The molecule has 2 aromatic rings. The molecule has 146 valence electrons. The molecule has 0 amide bonds. The van der Waals surface area contributed by atoms with E-state index < -0.39 is 35.0 Å². The lowest BCUT2D eigenvalue weighted by atomic mass is 10.0. The first kappa shape index (κ1) is 17.8. The Labute approximate surface area is 153 Å². The second kappa shape index (κ2) is 5.95. The third-order valence-electron chi connectivity index (χ3n) is 5.68. The van der Waals surface area contributed by atoms with Crippen LogP contribution in [0.2, 0.25) is 0 Å². The average Bonchev–Trinajstić information content (AvgIpc) is 3.40. The fraction of sp³-hybridized carbons (Fsp3) is 0.529. The van der Waals surface area contributed by atoms with E-state index in [0.717, 1.165) is 17.2 Å². The fourth-order valence-corrected chi connectivity index (χ4v) is 4.08. The van der Waals surface area contributed by atoms with Gasteiger partial charge in [-0.15, -0.1) is 0 Å². The zero-order valence-corrected chi connectivity index (χ0v) is 14.9. The number of halogens is 2. The van der Waals surface area contributed by atoms with Gasteiger partial charge in [0, 0.05) is 30.1 Å². The molecule has 27 heavy (non-hydrogen) atoms. The molecule has 0 radical (unpaired) electrons. The first-order valence-electron chi connectivity index (χ1n) is 8.91. The van der Waals surface area contributed by atoms with Gasteiger partial charge in [0.15, 0.2) is 11.6 Å². The maximum atomic E-state index is 15.2. The Balaban J connectivity index is 2.06. The molecule has 6 N–H and O–H groups in total. The number of pyridine rings is 1. The predicted octanol–water partition coefficient (Wildman–Crippen LogP) is -0.185. The number of aryl methyl sites for hydroxylation is 1. The van der Waals surface area contributed by atoms with Crippen LogP contribution in [0.15, 0.2) is 9.59 Å². The highest BCUT2D eigenvalue weighted by atomic mass is 19.1. The van der Waals surface area contributed by atoms with Gasteiger partial charge in [-0.1, -0.05) is 0 Å². The minimum atomic E-state index is -1.19. The van der Waals surface area contributed by atoms with E-state index in [-0.39, 0.29) is 36.8 Å². The van der Waals surface area contributed by atoms with Crippen molar-refractivity contribution in [3.8, 4) is 0 Å². The molecule has 1 aliphatic carbocycles. The van der Waals surface area contributed by atoms with Crippen molar-refractivity contribution >= 4 is 17.0 Å². The van der Waals surface area contributed by atoms with E-state index in [9.17, 15) is 14.0 Å². The van der Waals surface area contributed by atoms with Crippen LogP contribution < -0.4 is 33.5 Å². The molecule has 1 saturated carbocycles. The third kappa shape index (κ3) is 2.43. The van der Waals surface area contributed by atoms with E-state index in [0.29, 0.717) is 15.8 Å². The Hall–Kier alpha value is -2.62. The Morgan fingerprint density at radius 2 is 1.89 bits per heavy atom. The second-order valence-electron chi connectivity index (χ2n) is 7.42. The van der Waals surface area contributed by atoms with Gasteiger partial charge in [0.2, 0.25) is 0 Å². The number of alkyl halides is 1. The van der Waals surface area contributed by atoms with Crippen LogP contribution in [0.1, 0.15) is 29.9 Å². The third-order valence-corrected chi connectivity index (χ3v) is 5.68. The summed E-state index contributed by atoms with van der Waals surface area (Å²) in [6.07, 6.45) is 0.370. The number of fused-ring (bicyclic) bond motifs is 1. The van der Waals surface area contributed by atoms with Gasteiger partial charge in [0.05, 0.1) is 11.2 Å². The van der Waals surface area contributed by atoms with Crippen LogP contribution in [0.3, 0.4) is 0 Å². The monoisotopic (exact) mass is 380 g/mol. The standard InChI is InChI=1S/C17H22F2N6O2/c1-7-13-11(8-2-3-8)16(26)25(22)17(27)24(13)15(21)12(19)14(7)23-5-9(4-20)10(18)6-23/h8-10H,2-6,20-22H2,1H3. The van der Waals surface area contributed by atoms with Crippen LogP contribution in [-0.2, 0) is 0 Å². The Morgan fingerprint density at radius 1 is 1.22 bits per heavy atom. The second-order valence-corrected chi connectivity index (χ2v) is 7.42. The highest BCUT2D eigenvalue weighted by molar-refractivity contribution is 5.76. The zero-order chi connectivity index (χ0) is 19.6. The molecule has 3 heterocycles. The quantitative estimate of drug-likeness (QED) is 0.634. The van der Waals surface area contributed by atoms with E-state index in [4.69, 9.17) is 17.3 Å². The van der Waals surface area contributed by atoms with Crippen molar-refractivity contribution in [1.29, 1.82) is 0 Å². The van der Waals surface area contributed by atoms with Gasteiger partial charge in [-0.25, -0.2) is 18.0 Å². The van der Waals surface area contributed by atoms with E-state index in [2.05, 4.69) is 0 Å². The number of aromatic nitrogens is 2. The number of nitrogen functional groups attached to an aromatic ring is 2. The summed E-state index contributed by atoms with van der Waals surface area (Å²) in [5, 5.41) is 0. The summed E-state index contributed by atoms with van der Waals surface area (Å²) in [6, 6.07) is 0. The lowest BCUT2D eigenvalue weighted by molar-refractivity contribution is 0.289. The van der Waals surface area contributed by atoms with E-state index in [1.807, 2.05) is 0 Å². The van der Waals surface area contributed by atoms with Crippen LogP contribution in [0.4, 0.5) is 20.3 Å². The van der Waals surface area contributed by atoms with Crippen molar-refractivity contribution in [2.75, 3.05) is 36.1 Å². The maximum Gasteiger partial charge on any atom is 0.356 e. The van der Waals surface area contributed by atoms with Gasteiger partial charge < -0.3 is 22.2 Å². The highest BCUT2D eigenvalue weighted by Crippen LogP contribution is 2.43. The molecule has 2 aliphatic rings. The van der Waals surface area contributed by atoms with Crippen molar-refractivity contribution in [1.82, 2.24) is 9.08 Å². The Bertz CT molecular complexity index is 1060. The minimum absolute atomic E-state index is 0.0216. The molecule has 0 aromatic carbocycles. The largest absolute Gasteiger partial charge is 0.382 e. The predicted molar refractivity (Wildman–Crippen MR) is 98.8 cm³/mol. The first-order valence-corrected chi connectivity index (χ1v) is 8.91. The highest BCUT2D eigenvalue weighted by Gasteiger charge is 2.37. The van der Waals surface area contributed by atoms with Crippen molar-refractivity contribution in [3.63, 3.8) is 0 Å². The number of nitrogens with two attached hydrogens (primary N) is 3. The Morgan fingerprint density at radius 3 is 2.44 bits per heavy atom. The topological polar surface area (TPSA) is 125 Å². The summed E-state index contributed by atoms with van der Waals surface area (Å²) in [4.78, 5) is 26.7. The molecule has 4 rings (SSSR count). The number of rotatable bonds is 3. The fourth-order valence-electron chi connectivity index (χ4n) is 4.08. The summed E-state index contributed by atoms with van der Waals surface area (Å²) in [6.45, 7) is 1.97. The van der Waals surface area contributed by atoms with Crippen molar-refractivity contribution in [2.45, 2.75) is 31.9 Å². The van der Waals surface area contributed by atoms with Crippen molar-refractivity contribution in [2.24, 2.45) is 11.7 Å². The Kier molecular flexibility index (Phi) is 3.91. The van der Waals surface area contributed by atoms with E-state index in [1.165, 1.54) is 0 Å². The normalized spacial score (nSPS) is 22.7. The molecule has 8 nitrogen and oxygen atoms in total. The summed E-state index contributed by atoms with van der Waals surface area (Å²) >= 11 is 0. The molecule has 1 aliphatic heterocycles. The average molecular weight is 380 g/mol. The first-order chi connectivity index (χ1) is 12.8. The van der Waals surface area contributed by atoms with Crippen molar-refractivity contribution < 1.29 is 8.78 Å². The van der Waals surface area contributed by atoms with Gasteiger partial charge in [0.25, 0.3) is 5.56 Å². The zero-order valence-electron chi connectivity index (χ0n) is 14.9. The van der Waals surface area contributed by atoms with Crippen LogP contribution in [0, 0.1) is 18.7 Å². The molecule has 2 atom stereocenters. The molecule has 2 unspecified atom stereocenters. The van der Waals surface area contributed by atoms with Gasteiger partial charge in [-0.3, -0.25) is 4.79 Å². The lowest BCUT2D eigenvalue weighted by Crippen LogP contribution is -2.45. The summed E-state index contributed by atoms with van der Waals surface area (Å²) < 4.78 is 30.8. The summed E-state index contributed by atoms with van der Waals surface area (Å²) in [7, 11) is 0. The van der Waals surface area contributed by atoms with Crippen LogP contribution in [0.25, 0.3) is 5.52 Å². The SMILES string of the molecule is Cc1c(N2CC(F)C(CN)C2)c(F)c(N)n2c(=O)n(N)c(=O)c(C3CC3)c12. The van der Waals surface area contributed by atoms with E-state index >= 15 is 4.39 Å². The molecular weight excluding hydrogens is 358 g/mol. The maximum absolute atomic E-state index is 15.2. The van der Waals surface area contributed by atoms with Crippen LogP contribution in [0.5, 0.6) is 0 Å². The number of nitrogens with zero attached hydrogens (tertiary/aromatic N) is 3. The van der Waals surface area contributed by atoms with Crippen LogP contribution in [-0.4, -0.2) is 34.9 Å². The molecule has 2 fully saturated rings. The minimum Gasteiger partial charge on any atom is -0.382 e. The van der Waals surface area contributed by atoms with Crippen LogP contribution >= 0.6 is 0 Å². The summed E-state index contributed by atoms with van der Waals surface area (Å²) in [5.41, 5.74) is 11.1. The summed E-state index contributed by atoms with van der Waals surface area (Å²) in [5.74, 6) is 3.88. The van der Waals surface area contributed by atoms with E-state index in [1.54, 1.807) is 11.8 Å². The van der Waals surface area contributed by atoms with Gasteiger partial charge in [-0.2, -0.15) is 4.68 Å². The molecule has 10 heteroatoms. The molecule has 2 aromatic heterocycles. The number of hydrogen-bond donors (Lipinski definition) is 3. The van der Waals surface area contributed by atoms with Gasteiger partial charge in [0.1, 0.15) is 6.17 Å². The van der Waals surface area contributed by atoms with Gasteiger partial charge in [-0.05, 0) is 32.2 Å². The molecular formula is C17H22F2N6O2. The van der Waals surface area contributed by atoms with Crippen molar-refractivity contribution in [3.05, 3.63) is 37.8 Å².